The van der Waals surface area contributed by atoms with E-state index in [-0.39, 0.29) is 0 Å². The van der Waals surface area contributed by atoms with Gasteiger partial charge in [-0.05, 0) is 56.6 Å². The molecule has 0 saturated heterocycles. The zero-order valence-corrected chi connectivity index (χ0v) is 29.0. The van der Waals surface area contributed by atoms with Gasteiger partial charge in [-0.2, -0.15) is 0 Å². The summed E-state index contributed by atoms with van der Waals surface area (Å²) in [6.45, 7) is 0. The van der Waals surface area contributed by atoms with Crippen LogP contribution in [0.2, 0.25) is 0 Å². The molecule has 2 aromatic heterocycles. The number of benzene rings is 8. The molecule has 0 aliphatic rings. The van der Waals surface area contributed by atoms with Crippen molar-refractivity contribution in [1.29, 1.82) is 0 Å². The molecule has 0 saturated carbocycles. The van der Waals surface area contributed by atoms with E-state index in [0.29, 0.717) is 34.9 Å². The summed E-state index contributed by atoms with van der Waals surface area (Å²) in [4.78, 5) is 30.0. The zero-order chi connectivity index (χ0) is 35.8. The summed E-state index contributed by atoms with van der Waals surface area (Å²) in [6.07, 6.45) is 0. The van der Waals surface area contributed by atoms with E-state index in [4.69, 9.17) is 29.9 Å². The molecule has 10 rings (SSSR count). The van der Waals surface area contributed by atoms with Gasteiger partial charge in [0.05, 0.1) is 0 Å². The number of aromatic nitrogens is 6. The first-order valence-electron chi connectivity index (χ1n) is 17.9. The van der Waals surface area contributed by atoms with Crippen LogP contribution in [0.15, 0.2) is 182 Å². The molecule has 0 bridgehead atoms. The summed E-state index contributed by atoms with van der Waals surface area (Å²) in [6, 6.07) is 62.1. The van der Waals surface area contributed by atoms with Gasteiger partial charge in [0.25, 0.3) is 0 Å². The van der Waals surface area contributed by atoms with Crippen LogP contribution >= 0.6 is 0 Å². The van der Waals surface area contributed by atoms with Crippen molar-refractivity contribution in [2.45, 2.75) is 0 Å². The van der Waals surface area contributed by atoms with Gasteiger partial charge in [-0.3, -0.25) is 0 Å². The van der Waals surface area contributed by atoms with E-state index < -0.39 is 0 Å². The molecule has 0 aliphatic carbocycles. The van der Waals surface area contributed by atoms with Gasteiger partial charge in [0, 0.05) is 33.4 Å². The minimum Gasteiger partial charge on any atom is -0.208 e. The largest absolute Gasteiger partial charge is 0.208 e. The molecule has 0 spiro atoms. The van der Waals surface area contributed by atoms with Crippen LogP contribution in [-0.2, 0) is 0 Å². The van der Waals surface area contributed by atoms with Gasteiger partial charge < -0.3 is 0 Å². The fraction of sp³-hybridized carbons (Fsp3) is 0. The Morgan fingerprint density at radius 3 is 0.796 bits per heavy atom. The first kappa shape index (κ1) is 31.3. The average molecular weight is 691 g/mol. The molecule has 54 heavy (non-hydrogen) atoms. The Morgan fingerprint density at radius 1 is 0.185 bits per heavy atom. The third-order valence-corrected chi connectivity index (χ3v) is 9.71. The summed E-state index contributed by atoms with van der Waals surface area (Å²) in [5, 5.41) is 6.71. The topological polar surface area (TPSA) is 77.3 Å². The number of nitrogens with zero attached hydrogens (tertiary/aromatic N) is 6. The molecular formula is C48H30N6. The lowest BCUT2D eigenvalue weighted by molar-refractivity contribution is 1.07. The molecule has 10 aromatic rings. The Hall–Kier alpha value is -7.44. The third-order valence-electron chi connectivity index (χ3n) is 9.71. The van der Waals surface area contributed by atoms with E-state index in [1.54, 1.807) is 0 Å². The van der Waals surface area contributed by atoms with E-state index in [1.807, 2.05) is 72.8 Å². The average Bonchev–Trinajstić information content (AvgIpc) is 3.26. The highest BCUT2D eigenvalue weighted by Gasteiger charge is 2.16. The molecule has 2 heterocycles. The van der Waals surface area contributed by atoms with Gasteiger partial charge in [0.1, 0.15) is 0 Å². The lowest BCUT2D eigenvalue weighted by atomic mass is 10.0. The highest BCUT2D eigenvalue weighted by atomic mass is 15.0. The van der Waals surface area contributed by atoms with E-state index in [9.17, 15) is 0 Å². The van der Waals surface area contributed by atoms with E-state index in [1.165, 1.54) is 10.8 Å². The SMILES string of the molecule is c1ccc(-c2nc(-c3ccc4ccccc4c3)nc(-c3ccc4ccc(-c5nc(-c6ccccc6)nc(-c6ccc7ccccc7c6)n5)cc4c3)n2)cc1. The number of rotatable bonds is 6. The fourth-order valence-corrected chi connectivity index (χ4v) is 6.88. The predicted octanol–water partition coefficient (Wildman–Crippen LogP) is 11.5. The Labute approximate surface area is 311 Å². The molecule has 252 valence electrons. The summed E-state index contributed by atoms with van der Waals surface area (Å²) in [7, 11) is 0. The molecular weight excluding hydrogens is 661 g/mol. The molecule has 0 radical (unpaired) electrons. The lowest BCUT2D eigenvalue weighted by Crippen LogP contribution is -2.00. The molecule has 6 heteroatoms. The fourth-order valence-electron chi connectivity index (χ4n) is 6.88. The second kappa shape index (κ2) is 13.3. The van der Waals surface area contributed by atoms with E-state index in [2.05, 4.69) is 109 Å². The summed E-state index contributed by atoms with van der Waals surface area (Å²) in [5.41, 5.74) is 5.50. The van der Waals surface area contributed by atoms with Crippen LogP contribution in [0.5, 0.6) is 0 Å². The number of fused-ring (bicyclic) bond motifs is 3. The van der Waals surface area contributed by atoms with Gasteiger partial charge in [0.2, 0.25) is 0 Å². The highest BCUT2D eigenvalue weighted by molar-refractivity contribution is 5.91. The molecule has 0 aliphatic heterocycles. The molecule has 0 fully saturated rings. The molecule has 6 nitrogen and oxygen atoms in total. The molecule has 0 unspecified atom stereocenters. The lowest BCUT2D eigenvalue weighted by Gasteiger charge is -2.11. The normalized spacial score (nSPS) is 11.3. The summed E-state index contributed by atoms with van der Waals surface area (Å²) < 4.78 is 0. The summed E-state index contributed by atoms with van der Waals surface area (Å²) >= 11 is 0. The van der Waals surface area contributed by atoms with Crippen LogP contribution in [0.1, 0.15) is 0 Å². The van der Waals surface area contributed by atoms with Crippen molar-refractivity contribution < 1.29 is 0 Å². The van der Waals surface area contributed by atoms with Crippen LogP contribution in [0.4, 0.5) is 0 Å². The van der Waals surface area contributed by atoms with Crippen molar-refractivity contribution >= 4 is 32.3 Å². The van der Waals surface area contributed by atoms with Gasteiger partial charge in [-0.1, -0.05) is 158 Å². The van der Waals surface area contributed by atoms with Crippen molar-refractivity contribution in [3.8, 4) is 68.3 Å². The minimum absolute atomic E-state index is 0.601. The maximum Gasteiger partial charge on any atom is 0.164 e. The monoisotopic (exact) mass is 690 g/mol. The van der Waals surface area contributed by atoms with Crippen LogP contribution in [0, 0.1) is 0 Å². The van der Waals surface area contributed by atoms with E-state index >= 15 is 0 Å². The molecule has 0 atom stereocenters. The van der Waals surface area contributed by atoms with Crippen molar-refractivity contribution in [2.75, 3.05) is 0 Å². The standard InChI is InChI=1S/C48H30N6/c1-3-13-34(14-4-1)43-49-45(38-23-19-31-11-7-9-17-36(31)27-38)53-47(51-43)40-25-21-33-22-26-41(30-42(33)29-40)48-52-44(35-15-5-2-6-16-35)50-46(54-48)39-24-20-32-12-8-10-18-37(32)28-39/h1-30H. The molecule has 0 amide bonds. The smallest absolute Gasteiger partial charge is 0.164 e. The van der Waals surface area contributed by atoms with Crippen LogP contribution < -0.4 is 0 Å². The van der Waals surface area contributed by atoms with Crippen LogP contribution in [-0.4, -0.2) is 29.9 Å². The van der Waals surface area contributed by atoms with E-state index in [0.717, 1.165) is 54.9 Å². The Morgan fingerprint density at radius 2 is 0.444 bits per heavy atom. The molecule has 0 N–H and O–H groups in total. The van der Waals surface area contributed by atoms with Crippen molar-refractivity contribution in [1.82, 2.24) is 29.9 Å². The summed E-state index contributed by atoms with van der Waals surface area (Å²) in [5.74, 6) is 3.69. The third kappa shape index (κ3) is 6.02. The second-order valence-electron chi connectivity index (χ2n) is 13.2. The van der Waals surface area contributed by atoms with Crippen LogP contribution in [0.25, 0.3) is 101 Å². The minimum atomic E-state index is 0.601. The van der Waals surface area contributed by atoms with Crippen molar-refractivity contribution in [3.05, 3.63) is 182 Å². The zero-order valence-electron chi connectivity index (χ0n) is 29.0. The van der Waals surface area contributed by atoms with Gasteiger partial charge in [-0.25, -0.2) is 29.9 Å². The Kier molecular flexibility index (Phi) is 7.69. The van der Waals surface area contributed by atoms with Gasteiger partial charge >= 0.3 is 0 Å². The first-order chi connectivity index (χ1) is 26.7. The maximum atomic E-state index is 5.05. The maximum absolute atomic E-state index is 5.05. The van der Waals surface area contributed by atoms with Gasteiger partial charge in [-0.15, -0.1) is 0 Å². The van der Waals surface area contributed by atoms with Crippen molar-refractivity contribution in [3.63, 3.8) is 0 Å². The number of hydrogen-bond acceptors (Lipinski definition) is 6. The first-order valence-corrected chi connectivity index (χ1v) is 17.9. The van der Waals surface area contributed by atoms with Gasteiger partial charge in [0.15, 0.2) is 34.9 Å². The Balaban J connectivity index is 1.10. The highest BCUT2D eigenvalue weighted by Crippen LogP contribution is 2.32. The second-order valence-corrected chi connectivity index (χ2v) is 13.2. The predicted molar refractivity (Wildman–Crippen MR) is 218 cm³/mol. The number of hydrogen-bond donors (Lipinski definition) is 0. The Bertz CT molecular complexity index is 2800. The van der Waals surface area contributed by atoms with Crippen molar-refractivity contribution in [2.24, 2.45) is 0 Å². The molecule has 8 aromatic carbocycles. The quantitative estimate of drug-likeness (QED) is 0.173. The van der Waals surface area contributed by atoms with Crippen LogP contribution in [0.3, 0.4) is 0 Å².